The third kappa shape index (κ3) is 7.24. The van der Waals surface area contributed by atoms with Crippen molar-refractivity contribution in [1.29, 1.82) is 0 Å². The van der Waals surface area contributed by atoms with E-state index in [4.69, 9.17) is 15.3 Å². The second-order valence-electron chi connectivity index (χ2n) is 7.62. The molecule has 0 fully saturated rings. The van der Waals surface area contributed by atoms with Crippen LogP contribution in [0.2, 0.25) is 0 Å². The van der Waals surface area contributed by atoms with Crippen molar-refractivity contribution in [3.8, 4) is 11.5 Å². The van der Waals surface area contributed by atoms with E-state index in [2.05, 4.69) is 26.0 Å². The lowest BCUT2D eigenvalue weighted by Gasteiger charge is -2.11. The molecule has 1 amide bonds. The number of hydrogen-bond acceptors (Lipinski definition) is 9. The molecule has 0 atom stereocenters. The second-order valence-corrected chi connectivity index (χ2v) is 8.57. The molecule has 0 radical (unpaired) electrons. The summed E-state index contributed by atoms with van der Waals surface area (Å²) in [7, 11) is 0. The predicted octanol–water partition coefficient (Wildman–Crippen LogP) is 4.15. The van der Waals surface area contributed by atoms with Gasteiger partial charge in [0.1, 0.15) is 18.1 Å². The van der Waals surface area contributed by atoms with Gasteiger partial charge in [-0.25, -0.2) is 10.1 Å². The molecule has 0 aliphatic heterocycles. The molecule has 0 bridgehead atoms. The van der Waals surface area contributed by atoms with Gasteiger partial charge >= 0.3 is 0 Å². The highest BCUT2D eigenvalue weighted by Crippen LogP contribution is 2.24. The van der Waals surface area contributed by atoms with Crippen molar-refractivity contribution < 1.29 is 14.3 Å². The SMILES string of the molecule is CCOc1ccccc1NC(=O)CSc1nnc(N/N=C/c2ccccc2OCc2ccccc2)n1N. The molecule has 4 aromatic rings. The van der Waals surface area contributed by atoms with E-state index in [1.165, 1.54) is 4.68 Å². The molecular formula is C26H27N7O3S. The molecule has 0 saturated carbocycles. The number of amides is 1. The lowest BCUT2D eigenvalue weighted by Crippen LogP contribution is -2.17. The largest absolute Gasteiger partial charge is 0.492 e. The number of carbonyl (C=O) groups excluding carboxylic acids is 1. The summed E-state index contributed by atoms with van der Waals surface area (Å²) in [6, 6.07) is 24.7. The molecule has 0 saturated heterocycles. The topological polar surface area (TPSA) is 129 Å². The normalized spacial score (nSPS) is 10.8. The first-order valence-corrected chi connectivity index (χ1v) is 12.5. The molecule has 0 aliphatic rings. The number of aromatic nitrogens is 3. The van der Waals surface area contributed by atoms with Gasteiger partial charge < -0.3 is 20.6 Å². The molecule has 3 aromatic carbocycles. The summed E-state index contributed by atoms with van der Waals surface area (Å²) in [5, 5.41) is 15.5. The van der Waals surface area contributed by atoms with E-state index < -0.39 is 0 Å². The summed E-state index contributed by atoms with van der Waals surface area (Å²) in [6.07, 6.45) is 1.62. The van der Waals surface area contributed by atoms with E-state index in [-0.39, 0.29) is 17.6 Å². The van der Waals surface area contributed by atoms with Crippen LogP contribution in [0.15, 0.2) is 89.1 Å². The van der Waals surface area contributed by atoms with Gasteiger partial charge in [-0.1, -0.05) is 66.4 Å². The molecule has 10 nitrogen and oxygen atoms in total. The van der Waals surface area contributed by atoms with Crippen molar-refractivity contribution >= 4 is 35.5 Å². The van der Waals surface area contributed by atoms with Crippen LogP contribution in [0.5, 0.6) is 11.5 Å². The quantitative estimate of drug-likeness (QED) is 0.111. The molecule has 0 spiro atoms. The van der Waals surface area contributed by atoms with Crippen LogP contribution in [0, 0.1) is 0 Å². The van der Waals surface area contributed by atoms with Crippen molar-refractivity contribution in [3.63, 3.8) is 0 Å². The van der Waals surface area contributed by atoms with E-state index in [1.54, 1.807) is 18.3 Å². The minimum Gasteiger partial charge on any atom is -0.492 e. The predicted molar refractivity (Wildman–Crippen MR) is 146 cm³/mol. The van der Waals surface area contributed by atoms with Crippen molar-refractivity contribution in [1.82, 2.24) is 14.9 Å². The van der Waals surface area contributed by atoms with Crippen LogP contribution in [0.25, 0.3) is 0 Å². The van der Waals surface area contributed by atoms with Gasteiger partial charge in [-0.05, 0) is 36.8 Å². The van der Waals surface area contributed by atoms with Crippen molar-refractivity contribution in [3.05, 3.63) is 90.0 Å². The van der Waals surface area contributed by atoms with Gasteiger partial charge in [-0.15, -0.1) is 10.2 Å². The van der Waals surface area contributed by atoms with E-state index in [9.17, 15) is 4.79 Å². The van der Waals surface area contributed by atoms with Crippen LogP contribution >= 0.6 is 11.8 Å². The van der Waals surface area contributed by atoms with Gasteiger partial charge in [0.2, 0.25) is 11.1 Å². The van der Waals surface area contributed by atoms with Crippen molar-refractivity contribution in [2.75, 3.05) is 28.9 Å². The second kappa shape index (κ2) is 13.0. The lowest BCUT2D eigenvalue weighted by molar-refractivity contribution is -0.113. The molecule has 11 heteroatoms. The summed E-state index contributed by atoms with van der Waals surface area (Å²) in [4.78, 5) is 12.4. The molecule has 0 aliphatic carbocycles. The highest BCUT2D eigenvalue weighted by atomic mass is 32.2. The minimum absolute atomic E-state index is 0.0885. The van der Waals surface area contributed by atoms with E-state index in [1.807, 2.05) is 73.7 Å². The van der Waals surface area contributed by atoms with E-state index in [0.29, 0.717) is 35.6 Å². The van der Waals surface area contributed by atoms with Gasteiger partial charge in [0.15, 0.2) is 0 Å². The average molecular weight is 518 g/mol. The summed E-state index contributed by atoms with van der Waals surface area (Å²) >= 11 is 1.15. The number of anilines is 2. The zero-order valence-corrected chi connectivity index (χ0v) is 21.0. The number of nitrogen functional groups attached to an aromatic ring is 1. The van der Waals surface area contributed by atoms with Crippen LogP contribution in [-0.4, -0.2) is 39.4 Å². The van der Waals surface area contributed by atoms with Gasteiger partial charge in [-0.2, -0.15) is 5.10 Å². The highest BCUT2D eigenvalue weighted by molar-refractivity contribution is 7.99. The molecule has 0 unspecified atom stereocenters. The third-order valence-corrected chi connectivity index (χ3v) is 5.93. The molecule has 1 heterocycles. The van der Waals surface area contributed by atoms with Crippen LogP contribution in [0.3, 0.4) is 0 Å². The zero-order chi connectivity index (χ0) is 25.9. The van der Waals surface area contributed by atoms with Crippen LogP contribution < -0.4 is 26.1 Å². The maximum atomic E-state index is 12.4. The fourth-order valence-electron chi connectivity index (χ4n) is 3.23. The Morgan fingerprint density at radius 2 is 1.73 bits per heavy atom. The summed E-state index contributed by atoms with van der Waals surface area (Å²) in [6.45, 7) is 2.83. The smallest absolute Gasteiger partial charge is 0.264 e. The molecule has 37 heavy (non-hydrogen) atoms. The monoisotopic (exact) mass is 517 g/mol. The Bertz CT molecular complexity index is 1350. The van der Waals surface area contributed by atoms with E-state index >= 15 is 0 Å². The standard InChI is InChI=1S/C26H27N7O3S/c1-2-35-23-15-9-7-13-21(23)29-24(34)18-37-26-32-31-25(33(26)27)30-28-16-20-12-6-8-14-22(20)36-17-19-10-4-3-5-11-19/h3-16H,2,17-18,27H2,1H3,(H,29,34)(H,30,31)/b28-16+. The zero-order valence-electron chi connectivity index (χ0n) is 20.2. The number of nitrogens with one attached hydrogen (secondary N) is 2. The first kappa shape index (κ1) is 25.6. The Balaban J connectivity index is 1.31. The molecule has 190 valence electrons. The Labute approximate surface area is 218 Å². The first-order valence-electron chi connectivity index (χ1n) is 11.5. The minimum atomic E-state index is -0.222. The number of nitrogens with two attached hydrogens (primary N) is 1. The Morgan fingerprint density at radius 1 is 1.00 bits per heavy atom. The number of nitrogens with zero attached hydrogens (tertiary/aromatic N) is 4. The summed E-state index contributed by atoms with van der Waals surface area (Å²) in [5.41, 5.74) is 5.24. The van der Waals surface area contributed by atoms with Gasteiger partial charge in [0.05, 0.1) is 24.3 Å². The number of benzene rings is 3. The molecule has 4 rings (SSSR count). The van der Waals surface area contributed by atoms with Gasteiger partial charge in [-0.3, -0.25) is 4.79 Å². The maximum Gasteiger partial charge on any atom is 0.264 e. The lowest BCUT2D eigenvalue weighted by atomic mass is 10.2. The fourth-order valence-corrected chi connectivity index (χ4v) is 3.89. The number of rotatable bonds is 12. The first-order chi connectivity index (χ1) is 18.1. The number of para-hydroxylation sites is 3. The third-order valence-electron chi connectivity index (χ3n) is 4.98. The number of thioether (sulfide) groups is 1. The van der Waals surface area contributed by atoms with Crippen molar-refractivity contribution in [2.24, 2.45) is 5.10 Å². The van der Waals surface area contributed by atoms with Crippen LogP contribution in [0.4, 0.5) is 11.6 Å². The van der Waals surface area contributed by atoms with Gasteiger partial charge in [0.25, 0.3) is 5.95 Å². The Kier molecular flexibility index (Phi) is 8.97. The molecule has 4 N–H and O–H groups in total. The summed E-state index contributed by atoms with van der Waals surface area (Å²) < 4.78 is 12.7. The number of carbonyl (C=O) groups is 1. The highest BCUT2D eigenvalue weighted by Gasteiger charge is 2.13. The van der Waals surface area contributed by atoms with Crippen LogP contribution in [0.1, 0.15) is 18.1 Å². The Morgan fingerprint density at radius 3 is 2.54 bits per heavy atom. The van der Waals surface area contributed by atoms with Crippen LogP contribution in [-0.2, 0) is 11.4 Å². The number of ether oxygens (including phenoxy) is 2. The average Bonchev–Trinajstić information content (AvgIpc) is 3.27. The number of hydrazone groups is 1. The maximum absolute atomic E-state index is 12.4. The molecule has 1 aromatic heterocycles. The summed E-state index contributed by atoms with van der Waals surface area (Å²) in [5.74, 6) is 7.48. The van der Waals surface area contributed by atoms with Crippen molar-refractivity contribution in [2.45, 2.75) is 18.7 Å². The molecular weight excluding hydrogens is 490 g/mol. The number of hydrogen-bond donors (Lipinski definition) is 3. The fraction of sp³-hybridized carbons (Fsp3) is 0.154. The Hall–Kier alpha value is -4.51. The van der Waals surface area contributed by atoms with E-state index in [0.717, 1.165) is 22.9 Å². The van der Waals surface area contributed by atoms with Gasteiger partial charge in [0, 0.05) is 5.56 Å².